The van der Waals surface area contributed by atoms with Crippen molar-refractivity contribution in [1.29, 1.82) is 0 Å². The second-order valence-electron chi connectivity index (χ2n) is 4.83. The molecule has 1 aromatic carbocycles. The Morgan fingerprint density at radius 3 is 2.75 bits per heavy atom. The fraction of sp³-hybridized carbons (Fsp3) is 0.533. The standard InChI is InChI=1S/C15H22BrNO3/c1-12(11-18)3-2-9-17-15(19)8-10-20-14-6-4-13(16)5-7-14/h4-7,12,18H,2-3,8-11H2,1H3,(H,17,19). The minimum absolute atomic E-state index is 0.00115. The van der Waals surface area contributed by atoms with Crippen molar-refractivity contribution in [2.75, 3.05) is 19.8 Å². The van der Waals surface area contributed by atoms with E-state index in [1.54, 1.807) is 0 Å². The maximum atomic E-state index is 11.6. The molecule has 5 heteroatoms. The molecule has 2 N–H and O–H groups in total. The molecule has 1 unspecified atom stereocenters. The van der Waals surface area contributed by atoms with Crippen LogP contribution in [0.3, 0.4) is 0 Å². The van der Waals surface area contributed by atoms with Crippen molar-refractivity contribution >= 4 is 21.8 Å². The second kappa shape index (κ2) is 9.77. The van der Waals surface area contributed by atoms with Gasteiger partial charge in [0.1, 0.15) is 5.75 Å². The molecule has 0 aliphatic rings. The van der Waals surface area contributed by atoms with Crippen molar-refractivity contribution in [2.24, 2.45) is 5.92 Å². The van der Waals surface area contributed by atoms with Crippen LogP contribution in [0.1, 0.15) is 26.2 Å². The number of aliphatic hydroxyl groups excluding tert-OH is 1. The highest BCUT2D eigenvalue weighted by atomic mass is 79.9. The van der Waals surface area contributed by atoms with Gasteiger partial charge in [0.05, 0.1) is 13.0 Å². The van der Waals surface area contributed by atoms with Crippen LogP contribution in [0.5, 0.6) is 5.75 Å². The van der Waals surface area contributed by atoms with Crippen molar-refractivity contribution in [3.8, 4) is 5.75 Å². The molecule has 0 saturated carbocycles. The van der Waals surface area contributed by atoms with Gasteiger partial charge in [-0.3, -0.25) is 4.79 Å². The predicted octanol–water partition coefficient (Wildman–Crippen LogP) is 2.74. The number of amides is 1. The minimum atomic E-state index is -0.00115. The molecule has 20 heavy (non-hydrogen) atoms. The van der Waals surface area contributed by atoms with Crippen molar-refractivity contribution in [3.63, 3.8) is 0 Å². The van der Waals surface area contributed by atoms with E-state index in [0.29, 0.717) is 25.5 Å². The Bertz CT molecular complexity index is 395. The average molecular weight is 344 g/mol. The lowest BCUT2D eigenvalue weighted by atomic mass is 10.1. The molecule has 0 aliphatic heterocycles. The minimum Gasteiger partial charge on any atom is -0.493 e. The first-order valence-corrected chi connectivity index (χ1v) is 7.67. The van der Waals surface area contributed by atoms with Crippen molar-refractivity contribution in [3.05, 3.63) is 28.7 Å². The molecule has 0 spiro atoms. The summed E-state index contributed by atoms with van der Waals surface area (Å²) in [5.41, 5.74) is 0. The average Bonchev–Trinajstić information content (AvgIpc) is 2.45. The third-order valence-corrected chi connectivity index (χ3v) is 3.45. The molecule has 0 aromatic heterocycles. The smallest absolute Gasteiger partial charge is 0.223 e. The highest BCUT2D eigenvalue weighted by molar-refractivity contribution is 9.10. The Hall–Kier alpha value is -1.07. The van der Waals surface area contributed by atoms with Gasteiger partial charge in [0.15, 0.2) is 0 Å². The largest absolute Gasteiger partial charge is 0.493 e. The van der Waals surface area contributed by atoms with E-state index in [1.165, 1.54) is 0 Å². The van der Waals surface area contributed by atoms with Crippen LogP contribution in [0, 0.1) is 5.92 Å². The Kier molecular flexibility index (Phi) is 8.30. The van der Waals surface area contributed by atoms with Crippen LogP contribution in [0.2, 0.25) is 0 Å². The SMILES string of the molecule is CC(CO)CCCNC(=O)CCOc1ccc(Br)cc1. The Labute approximate surface area is 128 Å². The summed E-state index contributed by atoms with van der Waals surface area (Å²) in [6, 6.07) is 7.52. The first-order chi connectivity index (χ1) is 9.61. The predicted molar refractivity (Wildman–Crippen MR) is 82.7 cm³/mol. The quantitative estimate of drug-likeness (QED) is 0.678. The highest BCUT2D eigenvalue weighted by Crippen LogP contribution is 2.16. The summed E-state index contributed by atoms with van der Waals surface area (Å²) < 4.78 is 6.48. The van der Waals surface area contributed by atoms with Gasteiger partial charge in [-0.05, 0) is 43.0 Å². The van der Waals surface area contributed by atoms with Gasteiger partial charge in [-0.1, -0.05) is 22.9 Å². The van der Waals surface area contributed by atoms with E-state index in [-0.39, 0.29) is 12.5 Å². The van der Waals surface area contributed by atoms with Gasteiger partial charge in [0.2, 0.25) is 5.91 Å². The van der Waals surface area contributed by atoms with Crippen LogP contribution >= 0.6 is 15.9 Å². The van der Waals surface area contributed by atoms with E-state index in [0.717, 1.165) is 23.1 Å². The van der Waals surface area contributed by atoms with Crippen molar-refractivity contribution < 1.29 is 14.6 Å². The van der Waals surface area contributed by atoms with Gasteiger partial charge < -0.3 is 15.2 Å². The number of carbonyl (C=O) groups excluding carboxylic acids is 1. The lowest BCUT2D eigenvalue weighted by Gasteiger charge is -2.09. The van der Waals surface area contributed by atoms with Gasteiger partial charge in [-0.25, -0.2) is 0 Å². The molecule has 1 aromatic rings. The van der Waals surface area contributed by atoms with Crippen LogP contribution < -0.4 is 10.1 Å². The van der Waals surface area contributed by atoms with Crippen molar-refractivity contribution in [2.45, 2.75) is 26.2 Å². The van der Waals surface area contributed by atoms with Crippen LogP contribution in [0.4, 0.5) is 0 Å². The van der Waals surface area contributed by atoms with E-state index in [4.69, 9.17) is 9.84 Å². The van der Waals surface area contributed by atoms with Gasteiger partial charge >= 0.3 is 0 Å². The van der Waals surface area contributed by atoms with Gasteiger partial charge in [0.25, 0.3) is 0 Å². The molecule has 112 valence electrons. The van der Waals surface area contributed by atoms with E-state index >= 15 is 0 Å². The molecule has 0 radical (unpaired) electrons. The number of aliphatic hydroxyl groups is 1. The highest BCUT2D eigenvalue weighted by Gasteiger charge is 2.03. The Balaban J connectivity index is 2.07. The van der Waals surface area contributed by atoms with Crippen LogP contribution in [-0.2, 0) is 4.79 Å². The molecule has 1 amide bonds. The third-order valence-electron chi connectivity index (χ3n) is 2.92. The summed E-state index contributed by atoms with van der Waals surface area (Å²) in [5.74, 6) is 1.06. The summed E-state index contributed by atoms with van der Waals surface area (Å²) in [4.78, 5) is 11.6. The monoisotopic (exact) mass is 343 g/mol. The molecule has 0 aliphatic carbocycles. The molecule has 0 bridgehead atoms. The maximum Gasteiger partial charge on any atom is 0.223 e. The topological polar surface area (TPSA) is 58.6 Å². The first-order valence-electron chi connectivity index (χ1n) is 6.87. The van der Waals surface area contributed by atoms with Crippen LogP contribution in [-0.4, -0.2) is 30.8 Å². The molecule has 0 fully saturated rings. The summed E-state index contributed by atoms with van der Waals surface area (Å²) >= 11 is 3.35. The first kappa shape index (κ1) is 17.0. The van der Waals surface area contributed by atoms with Crippen LogP contribution in [0.15, 0.2) is 28.7 Å². The summed E-state index contributed by atoms with van der Waals surface area (Å²) in [6.07, 6.45) is 2.17. The van der Waals surface area contributed by atoms with E-state index in [1.807, 2.05) is 31.2 Å². The lowest BCUT2D eigenvalue weighted by molar-refractivity contribution is -0.121. The summed E-state index contributed by atoms with van der Waals surface area (Å²) in [7, 11) is 0. The van der Waals surface area contributed by atoms with Crippen LogP contribution in [0.25, 0.3) is 0 Å². The molecular weight excluding hydrogens is 322 g/mol. The number of benzene rings is 1. The maximum absolute atomic E-state index is 11.6. The fourth-order valence-electron chi connectivity index (χ4n) is 1.65. The normalized spacial score (nSPS) is 11.9. The Morgan fingerprint density at radius 1 is 1.40 bits per heavy atom. The number of halogens is 1. The number of carbonyl (C=O) groups is 1. The Morgan fingerprint density at radius 2 is 2.10 bits per heavy atom. The molecule has 0 saturated heterocycles. The van der Waals surface area contributed by atoms with Gasteiger partial charge in [-0.2, -0.15) is 0 Å². The molecule has 1 atom stereocenters. The van der Waals surface area contributed by atoms with E-state index in [9.17, 15) is 4.79 Å². The number of rotatable bonds is 9. The molecule has 1 rings (SSSR count). The molecule has 4 nitrogen and oxygen atoms in total. The number of nitrogens with one attached hydrogen (secondary N) is 1. The van der Waals surface area contributed by atoms with E-state index in [2.05, 4.69) is 21.2 Å². The van der Waals surface area contributed by atoms with Gasteiger partial charge in [0, 0.05) is 17.6 Å². The van der Waals surface area contributed by atoms with Crippen molar-refractivity contribution in [1.82, 2.24) is 5.32 Å². The lowest BCUT2D eigenvalue weighted by Crippen LogP contribution is -2.26. The number of ether oxygens (including phenoxy) is 1. The zero-order valence-corrected chi connectivity index (χ0v) is 13.4. The third kappa shape index (κ3) is 7.50. The van der Waals surface area contributed by atoms with E-state index < -0.39 is 0 Å². The molecule has 0 heterocycles. The zero-order valence-electron chi connectivity index (χ0n) is 11.8. The summed E-state index contributed by atoms with van der Waals surface area (Å²) in [5, 5.41) is 11.7. The second-order valence-corrected chi connectivity index (χ2v) is 5.75. The fourth-order valence-corrected chi connectivity index (χ4v) is 1.91. The van der Waals surface area contributed by atoms with Gasteiger partial charge in [-0.15, -0.1) is 0 Å². The number of hydrogen-bond acceptors (Lipinski definition) is 3. The zero-order chi connectivity index (χ0) is 14.8. The molecular formula is C15H22BrNO3. The number of hydrogen-bond donors (Lipinski definition) is 2. The summed E-state index contributed by atoms with van der Waals surface area (Å²) in [6.45, 7) is 3.23.